The number of rotatable bonds is 4. The molecular formula is C23H21ClN4O2. The molecule has 6 nitrogen and oxygen atoms in total. The van der Waals surface area contributed by atoms with Crippen LogP contribution in [0.3, 0.4) is 0 Å². The van der Waals surface area contributed by atoms with E-state index in [0.29, 0.717) is 17.2 Å². The summed E-state index contributed by atoms with van der Waals surface area (Å²) in [6.07, 6.45) is 3.14. The molecule has 1 N–H and O–H groups in total. The number of benzene rings is 2. The molecule has 152 valence electrons. The summed E-state index contributed by atoms with van der Waals surface area (Å²) < 4.78 is 6.05. The van der Waals surface area contributed by atoms with Crippen LogP contribution in [-0.4, -0.2) is 29.0 Å². The van der Waals surface area contributed by atoms with Gasteiger partial charge in [0, 0.05) is 36.0 Å². The van der Waals surface area contributed by atoms with E-state index in [0.717, 1.165) is 53.8 Å². The van der Waals surface area contributed by atoms with Crippen molar-refractivity contribution in [2.24, 2.45) is 5.92 Å². The third kappa shape index (κ3) is 3.59. The second-order valence-electron chi connectivity index (χ2n) is 7.58. The van der Waals surface area contributed by atoms with Gasteiger partial charge in [-0.15, -0.1) is 0 Å². The van der Waals surface area contributed by atoms with E-state index in [1.807, 2.05) is 48.5 Å². The molecule has 0 unspecified atom stereocenters. The number of furan rings is 1. The average molecular weight is 421 g/mol. The largest absolute Gasteiger partial charge is 0.450 e. The van der Waals surface area contributed by atoms with Crippen molar-refractivity contribution in [3.05, 3.63) is 65.4 Å². The molecule has 0 bridgehead atoms. The van der Waals surface area contributed by atoms with E-state index < -0.39 is 0 Å². The minimum Gasteiger partial charge on any atom is -0.450 e. The molecule has 5 rings (SSSR count). The second-order valence-corrected chi connectivity index (χ2v) is 8.02. The van der Waals surface area contributed by atoms with E-state index in [-0.39, 0.29) is 11.8 Å². The zero-order valence-corrected chi connectivity index (χ0v) is 17.1. The Labute approximate surface area is 178 Å². The number of carbonyl (C=O) groups is 1. The summed E-state index contributed by atoms with van der Waals surface area (Å²) in [5.41, 5.74) is 3.40. The van der Waals surface area contributed by atoms with Gasteiger partial charge < -0.3 is 14.6 Å². The lowest BCUT2D eigenvalue weighted by atomic mass is 9.95. The molecule has 4 aromatic rings. The van der Waals surface area contributed by atoms with Crippen LogP contribution in [0.2, 0.25) is 5.02 Å². The summed E-state index contributed by atoms with van der Waals surface area (Å²) >= 11 is 5.91. The molecule has 3 heterocycles. The van der Waals surface area contributed by atoms with Gasteiger partial charge in [0.2, 0.25) is 5.91 Å². The molecule has 1 aliphatic heterocycles. The Morgan fingerprint density at radius 3 is 2.67 bits per heavy atom. The number of para-hydroxylation sites is 1. The Balaban J connectivity index is 1.26. The fraction of sp³-hybridized carbons (Fsp3) is 0.261. The fourth-order valence-corrected chi connectivity index (χ4v) is 4.15. The lowest BCUT2D eigenvalue weighted by Gasteiger charge is -2.31. The van der Waals surface area contributed by atoms with Crippen molar-refractivity contribution in [2.45, 2.75) is 19.4 Å². The lowest BCUT2D eigenvalue weighted by molar-refractivity contribution is -0.125. The standard InChI is InChI=1S/C23H21ClN4O2/c24-17-7-5-15(6-8-17)13-25-23(29)16-9-11-28(12-10-16)22-21-20(26-14-27-22)18-3-1-2-4-19(18)30-21/h1-8,14,16H,9-13H2,(H,25,29). The number of hydrogen-bond acceptors (Lipinski definition) is 5. The first-order valence-electron chi connectivity index (χ1n) is 10.1. The van der Waals surface area contributed by atoms with Crippen LogP contribution in [0.4, 0.5) is 5.82 Å². The number of halogens is 1. The van der Waals surface area contributed by atoms with Gasteiger partial charge in [-0.2, -0.15) is 0 Å². The number of fused-ring (bicyclic) bond motifs is 3. The molecule has 1 amide bonds. The Morgan fingerprint density at radius 1 is 1.10 bits per heavy atom. The maximum absolute atomic E-state index is 12.6. The maximum atomic E-state index is 12.6. The van der Waals surface area contributed by atoms with E-state index in [2.05, 4.69) is 20.2 Å². The number of nitrogens with zero attached hydrogens (tertiary/aromatic N) is 3. The van der Waals surface area contributed by atoms with E-state index in [9.17, 15) is 4.79 Å². The van der Waals surface area contributed by atoms with Gasteiger partial charge in [-0.1, -0.05) is 35.9 Å². The number of hydrogen-bond donors (Lipinski definition) is 1. The molecule has 0 atom stereocenters. The Bertz CT molecular complexity index is 1200. The minimum absolute atomic E-state index is 0.00144. The first kappa shape index (κ1) is 18.9. The van der Waals surface area contributed by atoms with Crippen LogP contribution in [0.5, 0.6) is 0 Å². The first-order chi connectivity index (χ1) is 14.7. The van der Waals surface area contributed by atoms with Gasteiger partial charge in [-0.25, -0.2) is 9.97 Å². The number of amides is 1. The minimum atomic E-state index is 0.00144. The Morgan fingerprint density at radius 2 is 1.87 bits per heavy atom. The first-order valence-corrected chi connectivity index (χ1v) is 10.5. The number of aromatic nitrogens is 2. The van der Waals surface area contributed by atoms with Crippen LogP contribution in [-0.2, 0) is 11.3 Å². The molecule has 30 heavy (non-hydrogen) atoms. The predicted octanol–water partition coefficient (Wildman–Crippen LogP) is 4.56. The van der Waals surface area contributed by atoms with E-state index in [1.54, 1.807) is 6.33 Å². The van der Waals surface area contributed by atoms with Crippen molar-refractivity contribution in [1.29, 1.82) is 0 Å². The van der Waals surface area contributed by atoms with Gasteiger partial charge in [0.1, 0.15) is 17.4 Å². The summed E-state index contributed by atoms with van der Waals surface area (Å²) in [6.45, 7) is 2.02. The van der Waals surface area contributed by atoms with Crippen molar-refractivity contribution in [1.82, 2.24) is 15.3 Å². The van der Waals surface area contributed by atoms with Gasteiger partial charge in [-0.3, -0.25) is 4.79 Å². The van der Waals surface area contributed by atoms with Crippen LogP contribution >= 0.6 is 11.6 Å². The summed E-state index contributed by atoms with van der Waals surface area (Å²) in [5.74, 6) is 0.902. The van der Waals surface area contributed by atoms with E-state index >= 15 is 0 Å². The Kier molecular flexibility index (Phi) is 5.01. The third-order valence-electron chi connectivity index (χ3n) is 5.68. The molecule has 0 spiro atoms. The highest BCUT2D eigenvalue weighted by molar-refractivity contribution is 6.30. The zero-order valence-electron chi connectivity index (χ0n) is 16.3. The number of nitrogens with one attached hydrogen (secondary N) is 1. The summed E-state index contributed by atoms with van der Waals surface area (Å²) in [6, 6.07) is 15.4. The summed E-state index contributed by atoms with van der Waals surface area (Å²) in [5, 5.41) is 4.73. The lowest BCUT2D eigenvalue weighted by Crippen LogP contribution is -2.40. The molecule has 0 radical (unpaired) electrons. The van der Waals surface area contributed by atoms with Gasteiger partial charge in [0.05, 0.1) is 0 Å². The second kappa shape index (κ2) is 7.95. The molecule has 1 aliphatic rings. The summed E-state index contributed by atoms with van der Waals surface area (Å²) in [4.78, 5) is 23.7. The summed E-state index contributed by atoms with van der Waals surface area (Å²) in [7, 11) is 0. The molecule has 2 aromatic heterocycles. The van der Waals surface area contributed by atoms with Crippen molar-refractivity contribution in [2.75, 3.05) is 18.0 Å². The highest BCUT2D eigenvalue weighted by Gasteiger charge is 2.27. The molecule has 0 aliphatic carbocycles. The third-order valence-corrected chi connectivity index (χ3v) is 5.94. The van der Waals surface area contributed by atoms with E-state index in [4.69, 9.17) is 16.0 Å². The van der Waals surface area contributed by atoms with Crippen molar-refractivity contribution < 1.29 is 9.21 Å². The molecule has 0 saturated carbocycles. The van der Waals surface area contributed by atoms with Crippen LogP contribution in [0.1, 0.15) is 18.4 Å². The van der Waals surface area contributed by atoms with Crippen LogP contribution in [0, 0.1) is 5.92 Å². The normalized spacial score (nSPS) is 15.0. The van der Waals surface area contributed by atoms with Crippen molar-refractivity contribution in [3.63, 3.8) is 0 Å². The van der Waals surface area contributed by atoms with Gasteiger partial charge in [-0.05, 0) is 42.7 Å². The van der Waals surface area contributed by atoms with Gasteiger partial charge >= 0.3 is 0 Å². The topological polar surface area (TPSA) is 71.3 Å². The highest BCUT2D eigenvalue weighted by atomic mass is 35.5. The van der Waals surface area contributed by atoms with Crippen LogP contribution in [0.25, 0.3) is 22.1 Å². The number of carbonyl (C=O) groups excluding carboxylic acids is 1. The molecule has 7 heteroatoms. The molecule has 1 saturated heterocycles. The average Bonchev–Trinajstić information content (AvgIpc) is 3.17. The molecular weight excluding hydrogens is 400 g/mol. The van der Waals surface area contributed by atoms with Crippen molar-refractivity contribution >= 4 is 45.4 Å². The van der Waals surface area contributed by atoms with Crippen LogP contribution < -0.4 is 10.2 Å². The maximum Gasteiger partial charge on any atom is 0.223 e. The number of piperidine rings is 1. The Hall–Kier alpha value is -3.12. The monoisotopic (exact) mass is 420 g/mol. The van der Waals surface area contributed by atoms with Gasteiger partial charge in [0.15, 0.2) is 11.4 Å². The quantitative estimate of drug-likeness (QED) is 0.524. The predicted molar refractivity (Wildman–Crippen MR) is 118 cm³/mol. The SMILES string of the molecule is O=C(NCc1ccc(Cl)cc1)C1CCN(c2ncnc3c2oc2ccccc23)CC1. The van der Waals surface area contributed by atoms with Gasteiger partial charge in [0.25, 0.3) is 0 Å². The molecule has 1 fully saturated rings. The fourth-order valence-electron chi connectivity index (χ4n) is 4.03. The van der Waals surface area contributed by atoms with Crippen LogP contribution in [0.15, 0.2) is 59.3 Å². The smallest absolute Gasteiger partial charge is 0.223 e. The molecule has 2 aromatic carbocycles. The number of anilines is 1. The van der Waals surface area contributed by atoms with Crippen molar-refractivity contribution in [3.8, 4) is 0 Å². The van der Waals surface area contributed by atoms with E-state index in [1.165, 1.54) is 0 Å². The zero-order chi connectivity index (χ0) is 20.5. The highest BCUT2D eigenvalue weighted by Crippen LogP contribution is 2.33.